The van der Waals surface area contributed by atoms with Gasteiger partial charge >= 0.3 is 6.18 Å². The van der Waals surface area contributed by atoms with Gasteiger partial charge in [-0.1, -0.05) is 17.7 Å². The van der Waals surface area contributed by atoms with Gasteiger partial charge in [-0.15, -0.1) is 37.2 Å². The first-order valence-corrected chi connectivity index (χ1v) is 15.8. The van der Waals surface area contributed by atoms with Crippen molar-refractivity contribution in [2.45, 2.75) is 38.0 Å². The van der Waals surface area contributed by atoms with Crippen LogP contribution in [0, 0.1) is 5.92 Å². The van der Waals surface area contributed by atoms with Crippen molar-refractivity contribution in [3.63, 3.8) is 0 Å². The predicted molar refractivity (Wildman–Crippen MR) is 192 cm³/mol. The van der Waals surface area contributed by atoms with Crippen LogP contribution in [0.2, 0.25) is 5.02 Å². The van der Waals surface area contributed by atoms with Gasteiger partial charge in [0.1, 0.15) is 0 Å². The number of hydrogen-bond acceptors (Lipinski definition) is 7. The third kappa shape index (κ3) is 9.13. The number of pyridine rings is 1. The fourth-order valence-electron chi connectivity index (χ4n) is 6.20. The number of hydrogen-bond donors (Lipinski definition) is 2. The maximum Gasteiger partial charge on any atom is 0.435 e. The molecular weight excluding hydrogens is 757 g/mol. The van der Waals surface area contributed by atoms with Gasteiger partial charge in [0.25, 0.3) is 11.8 Å². The molecule has 51 heavy (non-hydrogen) atoms. The quantitative estimate of drug-likeness (QED) is 0.258. The van der Waals surface area contributed by atoms with Crippen LogP contribution in [0.4, 0.5) is 18.9 Å². The van der Waals surface area contributed by atoms with Gasteiger partial charge in [-0.2, -0.15) is 18.3 Å². The molecule has 19 heteroatoms. The lowest BCUT2D eigenvalue weighted by Gasteiger charge is -2.36. The predicted octanol–water partition coefficient (Wildman–Crippen LogP) is 5.33. The van der Waals surface area contributed by atoms with Crippen molar-refractivity contribution in [2.24, 2.45) is 18.7 Å². The molecule has 0 unspecified atom stereocenters. The molecule has 2 fully saturated rings. The van der Waals surface area contributed by atoms with Gasteiger partial charge in [0, 0.05) is 69.5 Å². The molecule has 4 aromatic rings. The van der Waals surface area contributed by atoms with E-state index >= 15 is 0 Å². The summed E-state index contributed by atoms with van der Waals surface area (Å²) in [5.41, 5.74) is 5.82. The first-order chi connectivity index (χ1) is 22.9. The number of rotatable bonds is 7. The number of nitrogens with two attached hydrogens (primary N) is 1. The number of nitrogens with one attached hydrogen (secondary N) is 1. The number of imidazole rings is 1. The van der Waals surface area contributed by atoms with Crippen molar-refractivity contribution in [1.82, 2.24) is 34.1 Å². The number of halogens is 7. The van der Waals surface area contributed by atoms with Crippen LogP contribution < -0.4 is 11.1 Å². The van der Waals surface area contributed by atoms with E-state index in [1.54, 1.807) is 28.1 Å². The number of amides is 3. The molecule has 2 atom stereocenters. The van der Waals surface area contributed by atoms with Crippen molar-refractivity contribution in [3.05, 3.63) is 82.8 Å². The Bertz CT molecular complexity index is 1850. The second-order valence-electron chi connectivity index (χ2n) is 12.0. The number of benzene rings is 1. The van der Waals surface area contributed by atoms with Crippen LogP contribution in [0.15, 0.2) is 55.1 Å². The highest BCUT2D eigenvalue weighted by molar-refractivity contribution is 6.34. The van der Waals surface area contributed by atoms with Crippen molar-refractivity contribution in [3.8, 4) is 11.3 Å². The molecule has 0 bridgehead atoms. The Morgan fingerprint density at radius 2 is 1.73 bits per heavy atom. The van der Waals surface area contributed by atoms with Crippen molar-refractivity contribution in [2.75, 3.05) is 31.5 Å². The summed E-state index contributed by atoms with van der Waals surface area (Å²) in [6, 6.07) is 7.88. The van der Waals surface area contributed by atoms with Gasteiger partial charge in [-0.25, -0.2) is 4.98 Å². The van der Waals surface area contributed by atoms with Crippen molar-refractivity contribution >= 4 is 72.2 Å². The average Bonchev–Trinajstić information content (AvgIpc) is 3.79. The van der Waals surface area contributed by atoms with Crippen LogP contribution in [0.3, 0.4) is 0 Å². The maximum atomic E-state index is 14.0. The highest BCUT2D eigenvalue weighted by Gasteiger charge is 2.39. The Labute approximate surface area is 315 Å². The minimum absolute atomic E-state index is 0. The monoisotopic (exact) mass is 791 g/mol. The Hall–Kier alpha value is -3.89. The van der Waals surface area contributed by atoms with Crippen LogP contribution in [-0.2, 0) is 24.6 Å². The highest BCUT2D eigenvalue weighted by atomic mass is 35.5. The van der Waals surface area contributed by atoms with E-state index in [0.29, 0.717) is 38.2 Å². The summed E-state index contributed by atoms with van der Waals surface area (Å²) in [7, 11) is 1.43. The fourth-order valence-corrected chi connectivity index (χ4v) is 6.46. The van der Waals surface area contributed by atoms with Gasteiger partial charge in [0.2, 0.25) is 5.91 Å². The molecule has 3 amide bonds. The normalized spacial score (nSPS) is 17.2. The van der Waals surface area contributed by atoms with E-state index in [-0.39, 0.29) is 101 Å². The molecule has 2 aliphatic rings. The van der Waals surface area contributed by atoms with E-state index in [1.807, 2.05) is 0 Å². The Kier molecular flexibility index (Phi) is 13.9. The number of piperazine rings is 1. The van der Waals surface area contributed by atoms with Gasteiger partial charge < -0.3 is 25.4 Å². The van der Waals surface area contributed by atoms with Crippen LogP contribution in [0.5, 0.6) is 0 Å². The number of aromatic nitrogens is 5. The molecule has 0 spiro atoms. The average molecular weight is 794 g/mol. The fraction of sp³-hybridized carbons (Fsp3) is 0.375. The number of alkyl halides is 3. The van der Waals surface area contributed by atoms with E-state index < -0.39 is 17.8 Å². The van der Waals surface area contributed by atoms with E-state index in [2.05, 4.69) is 20.4 Å². The van der Waals surface area contributed by atoms with Gasteiger partial charge in [0.05, 0.1) is 34.6 Å². The first kappa shape index (κ1) is 41.5. The Morgan fingerprint density at radius 3 is 2.33 bits per heavy atom. The van der Waals surface area contributed by atoms with Crippen molar-refractivity contribution in [1.29, 1.82) is 0 Å². The summed E-state index contributed by atoms with van der Waals surface area (Å²) in [4.78, 5) is 50.8. The third-order valence-corrected chi connectivity index (χ3v) is 9.04. The van der Waals surface area contributed by atoms with Crippen LogP contribution in [0.1, 0.15) is 51.5 Å². The smallest absolute Gasteiger partial charge is 0.339 e. The number of carbonyl (C=O) groups excluding carboxylic acids is 3. The Morgan fingerprint density at radius 1 is 1.02 bits per heavy atom. The van der Waals surface area contributed by atoms with Crippen LogP contribution in [-0.4, -0.2) is 84.1 Å². The van der Waals surface area contributed by atoms with E-state index in [9.17, 15) is 27.6 Å². The van der Waals surface area contributed by atoms with E-state index in [1.165, 1.54) is 53.1 Å². The third-order valence-electron chi connectivity index (χ3n) is 8.72. The lowest BCUT2D eigenvalue weighted by molar-refractivity contribution is -0.141. The largest absolute Gasteiger partial charge is 0.435 e. The minimum Gasteiger partial charge on any atom is -0.339 e. The zero-order valence-electron chi connectivity index (χ0n) is 27.2. The number of carbonyl (C=O) groups is 3. The number of anilines is 1. The molecule has 1 aromatic carbocycles. The summed E-state index contributed by atoms with van der Waals surface area (Å²) >= 11 is 6.47. The maximum absolute atomic E-state index is 14.0. The van der Waals surface area contributed by atoms with Gasteiger partial charge in [-0.05, 0) is 49.1 Å². The molecule has 4 heterocycles. The second kappa shape index (κ2) is 17.1. The van der Waals surface area contributed by atoms with Crippen molar-refractivity contribution < 1.29 is 27.6 Å². The van der Waals surface area contributed by atoms with Crippen LogP contribution in [0.25, 0.3) is 11.3 Å². The molecule has 0 radical (unpaired) electrons. The molecule has 1 saturated heterocycles. The summed E-state index contributed by atoms with van der Waals surface area (Å²) in [5.74, 6) is -1.12. The molecule has 6 rings (SSSR count). The highest BCUT2D eigenvalue weighted by Crippen LogP contribution is 2.36. The summed E-state index contributed by atoms with van der Waals surface area (Å²) in [6.07, 6.45) is 3.10. The SMILES string of the molecule is Cl.Cl.Cl.Cn1c(-c2cn(Cc3cccnc3)nc2C(F)(F)F)cnc1C(=O)Nc1ccc(C(=O)N2CCN(C(=O)[C@H]3CC[C@@H](N)C3)CC2)c(Cl)c1. The topological polar surface area (TPSA) is 144 Å². The summed E-state index contributed by atoms with van der Waals surface area (Å²) in [6.45, 7) is 1.62. The lowest BCUT2D eigenvalue weighted by atomic mass is 10.1. The molecule has 12 nitrogen and oxygen atoms in total. The van der Waals surface area contributed by atoms with Crippen LogP contribution >= 0.6 is 48.8 Å². The van der Waals surface area contributed by atoms with Gasteiger partial charge in [0.15, 0.2) is 11.5 Å². The molecular formula is C32H36Cl4F3N9O3. The molecule has 1 saturated carbocycles. The molecule has 276 valence electrons. The summed E-state index contributed by atoms with van der Waals surface area (Å²) < 4.78 is 44.4. The lowest BCUT2D eigenvalue weighted by Crippen LogP contribution is -2.51. The Balaban J connectivity index is 0.00000234. The zero-order chi connectivity index (χ0) is 34.2. The van der Waals surface area contributed by atoms with E-state index in [4.69, 9.17) is 17.3 Å². The number of nitrogens with zero attached hydrogens (tertiary/aromatic N) is 7. The standard InChI is InChI=1S/C32H33ClF3N9O3.3ClH/c1-42-26(24-18-45(41-27(24)32(34,35)36)17-19-3-2-8-38-15-19)16-39-28(42)29(46)40-22-6-7-23(25(33)14-22)31(48)44-11-9-43(10-12-44)30(47)20-4-5-21(37)13-20;;;/h2-3,6-8,14-16,18,20-21H,4-5,9-13,17,37H2,1H3,(H,40,46);3*1H/t20-,21+;;;/m0.../s1. The first-order valence-electron chi connectivity index (χ1n) is 15.4. The molecule has 1 aliphatic heterocycles. The minimum atomic E-state index is -4.76. The van der Waals surface area contributed by atoms with E-state index in [0.717, 1.165) is 12.8 Å². The summed E-state index contributed by atoms with van der Waals surface area (Å²) in [5, 5.41) is 6.52. The second-order valence-corrected chi connectivity index (χ2v) is 12.4. The van der Waals surface area contributed by atoms with Gasteiger partial charge in [-0.3, -0.25) is 24.0 Å². The molecule has 1 aliphatic carbocycles. The molecule has 3 N–H and O–H groups in total. The zero-order valence-corrected chi connectivity index (χ0v) is 30.4. The molecule has 3 aromatic heterocycles.